The second-order valence-electron chi connectivity index (χ2n) is 5.22. The third kappa shape index (κ3) is 1.97. The minimum absolute atomic E-state index is 0.0834. The number of hydrogen-bond acceptors (Lipinski definition) is 2. The summed E-state index contributed by atoms with van der Waals surface area (Å²) in [5.41, 5.74) is 2.52. The average Bonchev–Trinajstić information content (AvgIpc) is 2.23. The lowest BCUT2D eigenvalue weighted by Crippen LogP contribution is -2.51. The maximum atomic E-state index is 11.6. The summed E-state index contributed by atoms with van der Waals surface area (Å²) in [6.45, 7) is 7.08. The zero-order valence-corrected chi connectivity index (χ0v) is 10.3. The van der Waals surface area contributed by atoms with Crippen molar-refractivity contribution < 1.29 is 4.79 Å². The van der Waals surface area contributed by atoms with Crippen molar-refractivity contribution in [1.82, 2.24) is 0 Å². The van der Waals surface area contributed by atoms with Crippen molar-refractivity contribution in [2.24, 2.45) is 0 Å². The van der Waals surface area contributed by atoms with Crippen molar-refractivity contribution in [3.8, 4) is 0 Å². The molecule has 1 aliphatic heterocycles. The van der Waals surface area contributed by atoms with Crippen LogP contribution in [0.5, 0.6) is 0 Å². The predicted molar refractivity (Wildman–Crippen MR) is 66.8 cm³/mol. The van der Waals surface area contributed by atoms with Gasteiger partial charge in [0.2, 0.25) is 0 Å². The fraction of sp³-hybridized carbons (Fsp3) is 0.500. The summed E-state index contributed by atoms with van der Waals surface area (Å²) in [5, 5.41) is 0. The molecule has 1 saturated heterocycles. The molecule has 86 valence electrons. The minimum Gasteiger partial charge on any atom is -0.359 e. The largest absolute Gasteiger partial charge is 0.359 e. The van der Waals surface area contributed by atoms with E-state index >= 15 is 0 Å². The van der Waals surface area contributed by atoms with E-state index in [4.69, 9.17) is 0 Å². The Morgan fingerprint density at radius 1 is 1.25 bits per heavy atom. The maximum absolute atomic E-state index is 11.6. The van der Waals surface area contributed by atoms with Crippen molar-refractivity contribution in [3.05, 3.63) is 29.8 Å². The van der Waals surface area contributed by atoms with Crippen LogP contribution < -0.4 is 4.90 Å². The molecule has 0 saturated carbocycles. The first-order valence-electron chi connectivity index (χ1n) is 5.86. The lowest BCUT2D eigenvalue weighted by atomic mass is 9.88. The van der Waals surface area contributed by atoms with E-state index in [0.29, 0.717) is 12.3 Å². The van der Waals surface area contributed by atoms with Gasteiger partial charge < -0.3 is 4.90 Å². The summed E-state index contributed by atoms with van der Waals surface area (Å²) in [6.07, 6.45) is 1.66. The minimum atomic E-state index is 0.0834. The smallest absolute Gasteiger partial charge is 0.152 e. The first kappa shape index (κ1) is 11.2. The van der Waals surface area contributed by atoms with Crippen LogP contribution >= 0.6 is 0 Å². The van der Waals surface area contributed by atoms with Gasteiger partial charge in [0.05, 0.1) is 6.54 Å². The Hall–Kier alpha value is -1.31. The van der Waals surface area contributed by atoms with Crippen LogP contribution in [0.25, 0.3) is 0 Å². The molecule has 1 heterocycles. The Balaban J connectivity index is 2.38. The lowest BCUT2D eigenvalue weighted by molar-refractivity contribution is -0.119. The third-order valence-corrected chi connectivity index (χ3v) is 3.49. The first-order chi connectivity index (χ1) is 7.50. The van der Waals surface area contributed by atoms with Gasteiger partial charge in [0.1, 0.15) is 0 Å². The molecule has 0 aromatic heterocycles. The number of benzene rings is 1. The zero-order valence-electron chi connectivity index (χ0n) is 10.3. The number of nitrogens with zero attached hydrogens (tertiary/aromatic N) is 1. The second kappa shape index (κ2) is 3.93. The molecule has 0 aliphatic carbocycles. The van der Waals surface area contributed by atoms with E-state index in [1.54, 1.807) is 0 Å². The molecule has 0 bridgehead atoms. The van der Waals surface area contributed by atoms with Gasteiger partial charge in [0, 0.05) is 17.6 Å². The number of aryl methyl sites for hydroxylation is 1. The number of rotatable bonds is 1. The molecule has 1 aromatic rings. The Bertz CT molecular complexity index is 409. The monoisotopic (exact) mass is 217 g/mol. The van der Waals surface area contributed by atoms with Crippen molar-refractivity contribution >= 4 is 11.5 Å². The van der Waals surface area contributed by atoms with Crippen molar-refractivity contribution in [1.29, 1.82) is 0 Å². The van der Waals surface area contributed by atoms with E-state index in [1.165, 1.54) is 11.3 Å². The second-order valence-corrected chi connectivity index (χ2v) is 5.22. The highest BCUT2D eigenvalue weighted by Crippen LogP contribution is 2.32. The Morgan fingerprint density at radius 2 is 1.94 bits per heavy atom. The molecule has 2 nitrogen and oxygen atoms in total. The summed E-state index contributed by atoms with van der Waals surface area (Å²) in [5.74, 6) is 0.350. The number of ketones is 1. The molecule has 0 unspecified atom stereocenters. The fourth-order valence-electron chi connectivity index (χ4n) is 2.33. The van der Waals surface area contributed by atoms with Crippen LogP contribution in [0.4, 0.5) is 5.69 Å². The molecule has 0 N–H and O–H groups in total. The number of carbonyl (C=O) groups excluding carboxylic acids is 1. The quantitative estimate of drug-likeness (QED) is 0.721. The first-order valence-corrected chi connectivity index (χ1v) is 5.86. The summed E-state index contributed by atoms with van der Waals surface area (Å²) in [4.78, 5) is 13.8. The van der Waals surface area contributed by atoms with Gasteiger partial charge >= 0.3 is 0 Å². The molecule has 2 heteroatoms. The van der Waals surface area contributed by atoms with Gasteiger partial charge in [-0.2, -0.15) is 0 Å². The van der Waals surface area contributed by atoms with E-state index in [9.17, 15) is 4.79 Å². The molecule has 2 rings (SSSR count). The van der Waals surface area contributed by atoms with Crippen molar-refractivity contribution in [2.45, 2.75) is 39.2 Å². The van der Waals surface area contributed by atoms with E-state index < -0.39 is 0 Å². The molecule has 1 fully saturated rings. The number of hydrogen-bond donors (Lipinski definition) is 0. The number of anilines is 1. The van der Waals surface area contributed by atoms with Crippen LogP contribution in [0.15, 0.2) is 24.3 Å². The van der Waals surface area contributed by atoms with Gasteiger partial charge in [-0.1, -0.05) is 18.2 Å². The molecule has 0 radical (unpaired) electrons. The highest BCUT2D eigenvalue weighted by Gasteiger charge is 2.33. The van der Waals surface area contributed by atoms with E-state index in [0.717, 1.165) is 12.8 Å². The Labute approximate surface area is 97.3 Å². The number of carbonyl (C=O) groups is 1. The van der Waals surface area contributed by atoms with Crippen molar-refractivity contribution in [2.75, 3.05) is 11.4 Å². The van der Waals surface area contributed by atoms with Crippen LogP contribution in [-0.4, -0.2) is 17.9 Å². The van der Waals surface area contributed by atoms with Gasteiger partial charge in [-0.15, -0.1) is 0 Å². The SMILES string of the molecule is Cc1ccccc1N1CC(=O)CCC1(C)C. The number of Topliss-reactive ketones (excluding diaryl/α,β-unsaturated/α-hetero) is 1. The summed E-state index contributed by atoms with van der Waals surface area (Å²) in [7, 11) is 0. The third-order valence-electron chi connectivity index (χ3n) is 3.49. The summed E-state index contributed by atoms with van der Waals surface area (Å²) >= 11 is 0. The molecule has 0 amide bonds. The Morgan fingerprint density at radius 3 is 2.62 bits per heavy atom. The zero-order chi connectivity index (χ0) is 11.8. The van der Waals surface area contributed by atoms with Crippen molar-refractivity contribution in [3.63, 3.8) is 0 Å². The van der Waals surface area contributed by atoms with Gasteiger partial charge in [-0.25, -0.2) is 0 Å². The molecule has 1 aliphatic rings. The molecular formula is C14H19NO. The van der Waals surface area contributed by atoms with Crippen LogP contribution in [0, 0.1) is 6.92 Å². The van der Waals surface area contributed by atoms with E-state index in [1.807, 2.05) is 12.1 Å². The lowest BCUT2D eigenvalue weighted by Gasteiger charge is -2.44. The van der Waals surface area contributed by atoms with Gasteiger partial charge in [0.15, 0.2) is 5.78 Å². The predicted octanol–water partition coefficient (Wildman–Crippen LogP) is 2.94. The molecule has 0 atom stereocenters. The van der Waals surface area contributed by atoms with E-state index in [-0.39, 0.29) is 5.54 Å². The molecule has 1 aromatic carbocycles. The summed E-state index contributed by atoms with van der Waals surface area (Å²) in [6, 6.07) is 8.29. The fourth-order valence-corrected chi connectivity index (χ4v) is 2.33. The van der Waals surface area contributed by atoms with Gasteiger partial charge in [-0.05, 0) is 38.8 Å². The number of piperidine rings is 1. The summed E-state index contributed by atoms with van der Waals surface area (Å²) < 4.78 is 0. The molecular weight excluding hydrogens is 198 g/mol. The standard InChI is InChI=1S/C14H19NO/c1-11-6-4-5-7-13(11)15-10-12(16)8-9-14(15,2)3/h4-7H,8-10H2,1-3H3. The topological polar surface area (TPSA) is 20.3 Å². The van der Waals surface area contributed by atoms with Gasteiger partial charge in [0.25, 0.3) is 0 Å². The highest BCUT2D eigenvalue weighted by atomic mass is 16.1. The average molecular weight is 217 g/mol. The maximum Gasteiger partial charge on any atom is 0.152 e. The van der Waals surface area contributed by atoms with Crippen LogP contribution in [0.2, 0.25) is 0 Å². The van der Waals surface area contributed by atoms with Gasteiger partial charge in [-0.3, -0.25) is 4.79 Å². The molecule has 16 heavy (non-hydrogen) atoms. The number of para-hydroxylation sites is 1. The van der Waals surface area contributed by atoms with Crippen LogP contribution in [0.1, 0.15) is 32.3 Å². The van der Waals surface area contributed by atoms with Crippen LogP contribution in [-0.2, 0) is 4.79 Å². The molecule has 0 spiro atoms. The Kier molecular flexibility index (Phi) is 2.75. The normalized spacial score (nSPS) is 19.9. The van der Waals surface area contributed by atoms with Crippen LogP contribution in [0.3, 0.4) is 0 Å². The highest BCUT2D eigenvalue weighted by molar-refractivity contribution is 5.85. The van der Waals surface area contributed by atoms with E-state index in [2.05, 4.69) is 37.8 Å².